The number of ether oxygens (including phenoxy) is 1. The van der Waals surface area contributed by atoms with E-state index < -0.39 is 0 Å². The quantitative estimate of drug-likeness (QED) is 0.467. The third-order valence-corrected chi connectivity index (χ3v) is 5.98. The molecule has 2 aromatic carbocycles. The van der Waals surface area contributed by atoms with E-state index in [1.807, 2.05) is 48.2 Å². The fourth-order valence-corrected chi connectivity index (χ4v) is 4.10. The molecular formula is C24H28N2O3S. The molecule has 0 spiro atoms. The lowest BCUT2D eigenvalue weighted by Crippen LogP contribution is -2.33. The van der Waals surface area contributed by atoms with Gasteiger partial charge in [0.1, 0.15) is 0 Å². The fourth-order valence-electron chi connectivity index (χ4n) is 3.06. The summed E-state index contributed by atoms with van der Waals surface area (Å²) in [5, 5.41) is 2.96. The van der Waals surface area contributed by atoms with Gasteiger partial charge in [-0.3, -0.25) is 9.59 Å². The molecule has 0 radical (unpaired) electrons. The molecule has 0 unspecified atom stereocenters. The van der Waals surface area contributed by atoms with Crippen molar-refractivity contribution in [3.8, 4) is 5.75 Å². The summed E-state index contributed by atoms with van der Waals surface area (Å²) in [6, 6.07) is 14.6. The van der Waals surface area contributed by atoms with Crippen LogP contribution in [-0.4, -0.2) is 36.9 Å². The molecule has 2 aromatic rings. The lowest BCUT2D eigenvalue weighted by Gasteiger charge is -2.27. The molecule has 5 nitrogen and oxygen atoms in total. The monoisotopic (exact) mass is 424 g/mol. The average Bonchev–Trinajstić information content (AvgIpc) is 2.77. The van der Waals surface area contributed by atoms with Crippen LogP contribution in [-0.2, 0) is 4.79 Å². The van der Waals surface area contributed by atoms with E-state index >= 15 is 0 Å². The minimum absolute atomic E-state index is 0.0774. The summed E-state index contributed by atoms with van der Waals surface area (Å²) in [5.74, 6) is 2.88. The summed E-state index contributed by atoms with van der Waals surface area (Å²) in [6.07, 6.45) is 5.14. The Bertz CT molecular complexity index is 909. The predicted molar refractivity (Wildman–Crippen MR) is 124 cm³/mol. The van der Waals surface area contributed by atoms with E-state index in [9.17, 15) is 9.59 Å². The molecule has 1 aliphatic rings. The number of para-hydroxylation sites is 2. The number of benzene rings is 2. The van der Waals surface area contributed by atoms with E-state index in [1.165, 1.54) is 18.6 Å². The van der Waals surface area contributed by atoms with Crippen molar-refractivity contribution < 1.29 is 14.3 Å². The Morgan fingerprint density at radius 3 is 2.60 bits per heavy atom. The van der Waals surface area contributed by atoms with Crippen molar-refractivity contribution in [2.45, 2.75) is 26.2 Å². The van der Waals surface area contributed by atoms with Crippen LogP contribution in [0.1, 0.15) is 42.1 Å². The van der Waals surface area contributed by atoms with Gasteiger partial charge in [-0.25, -0.2) is 0 Å². The number of nitrogens with one attached hydrogen (secondary N) is 1. The Morgan fingerprint density at radius 2 is 1.83 bits per heavy atom. The van der Waals surface area contributed by atoms with Gasteiger partial charge in [0.25, 0.3) is 11.8 Å². The van der Waals surface area contributed by atoms with Gasteiger partial charge in [-0.15, -0.1) is 0 Å². The highest BCUT2D eigenvalue weighted by Gasteiger charge is 2.27. The Hall–Kier alpha value is -2.73. The van der Waals surface area contributed by atoms with Crippen molar-refractivity contribution in [3.63, 3.8) is 0 Å². The van der Waals surface area contributed by atoms with Crippen molar-refractivity contribution in [1.29, 1.82) is 0 Å². The van der Waals surface area contributed by atoms with Crippen LogP contribution in [0.3, 0.4) is 0 Å². The van der Waals surface area contributed by atoms with Gasteiger partial charge in [0.2, 0.25) is 0 Å². The van der Waals surface area contributed by atoms with Gasteiger partial charge >= 0.3 is 0 Å². The summed E-state index contributed by atoms with van der Waals surface area (Å²) in [4.78, 5) is 26.4. The predicted octanol–water partition coefficient (Wildman–Crippen LogP) is 4.74. The summed E-state index contributed by atoms with van der Waals surface area (Å²) in [6.45, 7) is 2.87. The average molecular weight is 425 g/mol. The molecule has 3 rings (SSSR count). The summed E-state index contributed by atoms with van der Waals surface area (Å²) in [7, 11) is 1.73. The number of hydrogen-bond acceptors (Lipinski definition) is 4. The first-order chi connectivity index (χ1) is 14.6. The van der Waals surface area contributed by atoms with E-state index in [0.29, 0.717) is 17.9 Å². The van der Waals surface area contributed by atoms with Crippen LogP contribution in [0.2, 0.25) is 0 Å². The van der Waals surface area contributed by atoms with Gasteiger partial charge in [-0.05, 0) is 60.3 Å². The highest BCUT2D eigenvalue weighted by Crippen LogP contribution is 2.34. The number of unbranched alkanes of at least 4 members (excludes halogenated alkanes) is 1. The number of carbonyl (C=O) groups excluding carboxylic acids is 2. The molecule has 0 aliphatic carbocycles. The summed E-state index contributed by atoms with van der Waals surface area (Å²) in [5.41, 5.74) is 2.15. The largest absolute Gasteiger partial charge is 0.449 e. The van der Waals surface area contributed by atoms with Gasteiger partial charge in [0.15, 0.2) is 11.5 Å². The number of likely N-dealkylation sites (N-methyl/N-ethyl adjacent to an activating group) is 1. The van der Waals surface area contributed by atoms with E-state index in [4.69, 9.17) is 4.74 Å². The number of rotatable bonds is 9. The molecule has 1 N–H and O–H groups in total. The molecular weight excluding hydrogens is 396 g/mol. The second kappa shape index (κ2) is 10.9. The Kier molecular flexibility index (Phi) is 7.97. The second-order valence-corrected chi connectivity index (χ2v) is 8.36. The number of anilines is 1. The van der Waals surface area contributed by atoms with E-state index in [-0.39, 0.29) is 17.6 Å². The molecule has 0 saturated heterocycles. The topological polar surface area (TPSA) is 58.6 Å². The van der Waals surface area contributed by atoms with Crippen LogP contribution in [0.15, 0.2) is 54.3 Å². The maximum absolute atomic E-state index is 12.6. The highest BCUT2D eigenvalue weighted by atomic mass is 32.2. The smallest absolute Gasteiger partial charge is 0.293 e. The normalized spacial score (nSPS) is 14.4. The maximum Gasteiger partial charge on any atom is 0.293 e. The molecule has 0 saturated carbocycles. The van der Waals surface area contributed by atoms with Crippen LogP contribution >= 0.6 is 11.8 Å². The Morgan fingerprint density at radius 1 is 1.10 bits per heavy atom. The number of hydrogen-bond donors (Lipinski definition) is 1. The van der Waals surface area contributed by atoms with E-state index in [1.54, 1.807) is 30.2 Å². The Labute approximate surface area is 182 Å². The molecule has 30 heavy (non-hydrogen) atoms. The van der Waals surface area contributed by atoms with Crippen molar-refractivity contribution in [2.75, 3.05) is 30.0 Å². The molecule has 1 heterocycles. The van der Waals surface area contributed by atoms with Crippen LogP contribution in [0.25, 0.3) is 6.08 Å². The van der Waals surface area contributed by atoms with E-state index in [2.05, 4.69) is 12.2 Å². The number of fused-ring (bicyclic) bond motifs is 1. The van der Waals surface area contributed by atoms with Gasteiger partial charge in [-0.1, -0.05) is 37.6 Å². The molecule has 0 fully saturated rings. The highest BCUT2D eigenvalue weighted by molar-refractivity contribution is 7.99. The van der Waals surface area contributed by atoms with Crippen molar-refractivity contribution in [3.05, 3.63) is 65.4 Å². The molecule has 0 bridgehead atoms. The fraction of sp³-hybridized carbons (Fsp3) is 0.333. The molecule has 0 atom stereocenters. The van der Waals surface area contributed by atoms with Crippen LogP contribution < -0.4 is 15.0 Å². The Balaban J connectivity index is 1.55. The third kappa shape index (κ3) is 5.66. The van der Waals surface area contributed by atoms with Crippen LogP contribution in [0, 0.1) is 0 Å². The maximum atomic E-state index is 12.6. The lowest BCUT2D eigenvalue weighted by molar-refractivity contribution is -0.117. The van der Waals surface area contributed by atoms with Crippen LogP contribution in [0.4, 0.5) is 5.69 Å². The molecule has 158 valence electrons. The first-order valence-corrected chi connectivity index (χ1v) is 11.5. The molecule has 0 aromatic heterocycles. The number of nitrogens with zero attached hydrogens (tertiary/aromatic N) is 1. The first kappa shape index (κ1) is 22.0. The zero-order valence-electron chi connectivity index (χ0n) is 17.5. The summed E-state index contributed by atoms with van der Waals surface area (Å²) < 4.78 is 5.79. The van der Waals surface area contributed by atoms with E-state index in [0.717, 1.165) is 23.4 Å². The lowest BCUT2D eigenvalue weighted by atomic mass is 10.1. The zero-order chi connectivity index (χ0) is 21.3. The molecule has 6 heteroatoms. The van der Waals surface area contributed by atoms with Gasteiger partial charge in [0.05, 0.1) is 5.69 Å². The van der Waals surface area contributed by atoms with Crippen molar-refractivity contribution in [1.82, 2.24) is 5.32 Å². The number of thioether (sulfide) groups is 1. The van der Waals surface area contributed by atoms with Crippen molar-refractivity contribution >= 4 is 35.3 Å². The van der Waals surface area contributed by atoms with Gasteiger partial charge in [-0.2, -0.15) is 11.8 Å². The van der Waals surface area contributed by atoms with Gasteiger partial charge < -0.3 is 15.0 Å². The SMILES string of the molecule is CCCCSCCCNC(=O)c1ccc(/C=C2/Oc3ccccc3N(C)C2=O)cc1. The second-order valence-electron chi connectivity index (χ2n) is 7.14. The standard InChI is InChI=1S/C24H28N2O3S/c1-3-4-15-30-16-7-14-25-23(27)19-12-10-18(11-13-19)17-22-24(28)26(2)20-8-5-6-9-21(20)29-22/h5-6,8-13,17H,3-4,7,14-16H2,1-2H3,(H,25,27)/b22-17+. The zero-order valence-corrected chi connectivity index (χ0v) is 18.3. The molecule has 2 amide bonds. The molecule has 1 aliphatic heterocycles. The van der Waals surface area contributed by atoms with Crippen molar-refractivity contribution in [2.24, 2.45) is 0 Å². The first-order valence-electron chi connectivity index (χ1n) is 10.3. The minimum atomic E-state index is -0.202. The third-order valence-electron chi connectivity index (χ3n) is 4.83. The van der Waals surface area contributed by atoms with Gasteiger partial charge in [0, 0.05) is 19.2 Å². The minimum Gasteiger partial charge on any atom is -0.449 e. The number of carbonyl (C=O) groups is 2. The number of amides is 2. The summed E-state index contributed by atoms with van der Waals surface area (Å²) >= 11 is 1.94. The van der Waals surface area contributed by atoms with Crippen LogP contribution in [0.5, 0.6) is 5.75 Å².